The number of carbonyl (C=O) groups is 2. The van der Waals surface area contributed by atoms with Crippen molar-refractivity contribution in [2.24, 2.45) is 7.05 Å². The molecule has 3 heterocycles. The molecule has 5 rings (SSSR count). The second-order valence-corrected chi connectivity index (χ2v) is 7.44. The van der Waals surface area contributed by atoms with Gasteiger partial charge < -0.3 is 10.2 Å². The number of aryl methyl sites for hydroxylation is 1. The van der Waals surface area contributed by atoms with Gasteiger partial charge in [-0.2, -0.15) is 5.10 Å². The summed E-state index contributed by atoms with van der Waals surface area (Å²) in [6.07, 6.45) is 4.24. The molecule has 6 heteroatoms. The Hall–Kier alpha value is -3.41. The van der Waals surface area contributed by atoms with Gasteiger partial charge >= 0.3 is 0 Å². The summed E-state index contributed by atoms with van der Waals surface area (Å²) in [6, 6.07) is 16.6. The Morgan fingerprint density at radius 2 is 1.89 bits per heavy atom. The van der Waals surface area contributed by atoms with Crippen LogP contribution >= 0.6 is 0 Å². The van der Waals surface area contributed by atoms with Gasteiger partial charge in [0.15, 0.2) is 0 Å². The van der Waals surface area contributed by atoms with Gasteiger partial charge in [-0.1, -0.05) is 36.4 Å². The Labute approximate surface area is 162 Å². The zero-order chi connectivity index (χ0) is 19.3. The zero-order valence-corrected chi connectivity index (χ0v) is 15.5. The summed E-state index contributed by atoms with van der Waals surface area (Å²) in [7, 11) is 1.84. The van der Waals surface area contributed by atoms with Gasteiger partial charge in [-0.25, -0.2) is 0 Å². The summed E-state index contributed by atoms with van der Waals surface area (Å²) in [5.74, 6) is -0.116. The van der Waals surface area contributed by atoms with Crippen molar-refractivity contribution in [1.82, 2.24) is 14.7 Å². The number of carbonyl (C=O) groups excluding carboxylic acids is 2. The van der Waals surface area contributed by atoms with E-state index in [0.29, 0.717) is 18.5 Å². The largest absolute Gasteiger partial charge is 0.330 e. The van der Waals surface area contributed by atoms with Crippen molar-refractivity contribution in [3.63, 3.8) is 0 Å². The Bertz CT molecular complexity index is 1070. The predicted molar refractivity (Wildman–Crippen MR) is 105 cm³/mol. The van der Waals surface area contributed by atoms with Gasteiger partial charge in [0.05, 0.1) is 12.2 Å². The first-order valence-electron chi connectivity index (χ1n) is 9.37. The fourth-order valence-electron chi connectivity index (χ4n) is 4.70. The number of aromatic nitrogens is 2. The monoisotopic (exact) mass is 372 g/mol. The van der Waals surface area contributed by atoms with Gasteiger partial charge in [-0.3, -0.25) is 14.3 Å². The van der Waals surface area contributed by atoms with Crippen molar-refractivity contribution in [3.05, 3.63) is 83.7 Å². The van der Waals surface area contributed by atoms with E-state index < -0.39 is 11.5 Å². The van der Waals surface area contributed by atoms with Crippen LogP contribution in [0.4, 0.5) is 5.69 Å². The van der Waals surface area contributed by atoms with E-state index in [2.05, 4.69) is 10.4 Å². The van der Waals surface area contributed by atoms with Gasteiger partial charge in [0.1, 0.15) is 5.41 Å². The predicted octanol–water partition coefficient (Wildman–Crippen LogP) is 2.90. The molecule has 0 bridgehead atoms. The van der Waals surface area contributed by atoms with Crippen LogP contribution in [0.25, 0.3) is 0 Å². The maximum absolute atomic E-state index is 13.4. The van der Waals surface area contributed by atoms with Gasteiger partial charge in [-0.05, 0) is 30.2 Å². The molecule has 6 nitrogen and oxygen atoms in total. The molecule has 3 aromatic rings. The number of rotatable bonds is 2. The Morgan fingerprint density at radius 3 is 2.64 bits per heavy atom. The molecule has 2 amide bonds. The lowest BCUT2D eigenvalue weighted by molar-refractivity contribution is -0.121. The van der Waals surface area contributed by atoms with Crippen LogP contribution < -0.4 is 5.32 Å². The molecule has 1 saturated heterocycles. The van der Waals surface area contributed by atoms with Gasteiger partial charge in [-0.15, -0.1) is 0 Å². The lowest BCUT2D eigenvalue weighted by atomic mass is 9.73. The summed E-state index contributed by atoms with van der Waals surface area (Å²) >= 11 is 0. The molecule has 140 valence electrons. The highest BCUT2D eigenvalue weighted by atomic mass is 16.2. The van der Waals surface area contributed by atoms with Crippen molar-refractivity contribution in [1.29, 1.82) is 0 Å². The Morgan fingerprint density at radius 1 is 1.14 bits per heavy atom. The summed E-state index contributed by atoms with van der Waals surface area (Å²) in [4.78, 5) is 28.5. The third-order valence-corrected chi connectivity index (χ3v) is 5.91. The van der Waals surface area contributed by atoms with Gasteiger partial charge in [0.2, 0.25) is 5.91 Å². The van der Waals surface area contributed by atoms with Crippen molar-refractivity contribution in [2.45, 2.75) is 17.9 Å². The molecular weight excluding hydrogens is 352 g/mol. The number of likely N-dealkylation sites (tertiary alicyclic amines) is 1. The molecule has 1 N–H and O–H groups in total. The van der Waals surface area contributed by atoms with Crippen molar-refractivity contribution < 1.29 is 9.59 Å². The number of fused-ring (bicyclic) bond motifs is 2. The minimum absolute atomic E-state index is 0.0501. The van der Waals surface area contributed by atoms with Gasteiger partial charge in [0, 0.05) is 36.6 Å². The second kappa shape index (κ2) is 6.05. The minimum atomic E-state index is -0.802. The highest BCUT2D eigenvalue weighted by Gasteiger charge is 2.59. The molecular formula is C22H20N4O2. The maximum Gasteiger partial charge on any atom is 0.254 e. The molecule has 2 atom stereocenters. The number of nitrogens with zero attached hydrogens (tertiary/aromatic N) is 3. The van der Waals surface area contributed by atoms with Crippen molar-refractivity contribution >= 4 is 17.5 Å². The molecule has 1 spiro atoms. The highest BCUT2D eigenvalue weighted by molar-refractivity contribution is 6.08. The topological polar surface area (TPSA) is 67.2 Å². The van der Waals surface area contributed by atoms with Crippen LogP contribution in [0.5, 0.6) is 0 Å². The average molecular weight is 372 g/mol. The van der Waals surface area contributed by atoms with E-state index in [1.807, 2.05) is 72.7 Å². The number of hydrogen-bond donors (Lipinski definition) is 1. The summed E-state index contributed by atoms with van der Waals surface area (Å²) in [5.41, 5.74) is 2.48. The molecule has 2 aliphatic heterocycles. The van der Waals surface area contributed by atoms with Crippen LogP contribution in [0.1, 0.15) is 33.9 Å². The number of hydrogen-bond acceptors (Lipinski definition) is 3. The molecule has 1 aromatic heterocycles. The van der Waals surface area contributed by atoms with Crippen LogP contribution in [0.15, 0.2) is 67.0 Å². The normalized spacial score (nSPS) is 23.1. The molecule has 2 aliphatic rings. The van der Waals surface area contributed by atoms with Gasteiger partial charge in [0.25, 0.3) is 5.91 Å². The van der Waals surface area contributed by atoms with E-state index in [1.54, 1.807) is 10.9 Å². The number of para-hydroxylation sites is 1. The molecule has 0 aliphatic carbocycles. The van der Waals surface area contributed by atoms with Crippen molar-refractivity contribution in [3.8, 4) is 0 Å². The molecule has 2 aromatic carbocycles. The molecule has 28 heavy (non-hydrogen) atoms. The van der Waals surface area contributed by atoms with Crippen LogP contribution in [0.3, 0.4) is 0 Å². The fourth-order valence-corrected chi connectivity index (χ4v) is 4.70. The van der Waals surface area contributed by atoms with Crippen LogP contribution in [-0.4, -0.2) is 33.0 Å². The third kappa shape index (κ3) is 2.24. The lowest BCUT2D eigenvalue weighted by Crippen LogP contribution is -2.42. The van der Waals surface area contributed by atoms with E-state index in [-0.39, 0.29) is 11.8 Å². The summed E-state index contributed by atoms with van der Waals surface area (Å²) in [5, 5.41) is 7.34. The molecule has 1 fully saturated rings. The molecule has 0 saturated carbocycles. The zero-order valence-electron chi connectivity index (χ0n) is 15.5. The number of anilines is 1. The SMILES string of the molecule is Cn1cc(C2N(C(=O)c3ccccc3)CCC23C(=O)Nc2ccccc23)cn1. The first-order chi connectivity index (χ1) is 13.6. The number of nitrogens with one attached hydrogen (secondary N) is 1. The Balaban J connectivity index is 1.67. The first kappa shape index (κ1) is 16.7. The average Bonchev–Trinajstić information content (AvgIpc) is 3.39. The number of benzene rings is 2. The van der Waals surface area contributed by atoms with E-state index in [0.717, 1.165) is 16.8 Å². The lowest BCUT2D eigenvalue weighted by Gasteiger charge is -2.33. The van der Waals surface area contributed by atoms with E-state index >= 15 is 0 Å². The maximum atomic E-state index is 13.4. The van der Waals surface area contributed by atoms with E-state index in [9.17, 15) is 9.59 Å². The van der Waals surface area contributed by atoms with Crippen molar-refractivity contribution in [2.75, 3.05) is 11.9 Å². The fraction of sp³-hybridized carbons (Fsp3) is 0.227. The summed E-state index contributed by atoms with van der Waals surface area (Å²) < 4.78 is 1.71. The highest BCUT2D eigenvalue weighted by Crippen LogP contribution is 2.54. The number of amides is 2. The third-order valence-electron chi connectivity index (χ3n) is 5.91. The first-order valence-corrected chi connectivity index (χ1v) is 9.37. The molecule has 0 radical (unpaired) electrons. The van der Waals surface area contributed by atoms with E-state index in [1.165, 1.54) is 0 Å². The quantitative estimate of drug-likeness (QED) is 0.752. The second-order valence-electron chi connectivity index (χ2n) is 7.44. The summed E-state index contributed by atoms with van der Waals surface area (Å²) in [6.45, 7) is 0.509. The van der Waals surface area contributed by atoms with Crippen LogP contribution in [0, 0.1) is 0 Å². The van der Waals surface area contributed by atoms with Crippen LogP contribution in [0.2, 0.25) is 0 Å². The smallest absolute Gasteiger partial charge is 0.254 e. The molecule has 2 unspecified atom stereocenters. The standard InChI is InChI=1S/C22H20N4O2/c1-25-14-16(13-23-25)19-22(17-9-5-6-10-18(17)24-21(22)28)11-12-26(19)20(27)15-7-3-2-4-8-15/h2-10,13-14,19H,11-12H2,1H3,(H,24,28). The minimum Gasteiger partial charge on any atom is -0.330 e. The van der Waals surface area contributed by atoms with Crippen LogP contribution in [-0.2, 0) is 17.3 Å². The Kier molecular flexibility index (Phi) is 3.62. The van der Waals surface area contributed by atoms with E-state index in [4.69, 9.17) is 0 Å².